The van der Waals surface area contributed by atoms with E-state index in [1.54, 1.807) is 69.1 Å². The number of ether oxygens (including phenoxy) is 4. The highest BCUT2D eigenvalue weighted by atomic mass is 35.5. The number of carbonyl (C=O) groups excluding carboxylic acids is 4. The van der Waals surface area contributed by atoms with Crippen LogP contribution in [-0.2, 0) is 28.5 Å². The van der Waals surface area contributed by atoms with E-state index in [1.165, 1.54) is 33.3 Å². The average molecular weight is 760 g/mol. The predicted octanol–water partition coefficient (Wildman–Crippen LogP) is 7.45. The molecule has 4 rings (SSSR count). The van der Waals surface area contributed by atoms with Gasteiger partial charge in [0, 0.05) is 60.9 Å². The zero-order valence-electron chi connectivity index (χ0n) is 27.5. The van der Waals surface area contributed by atoms with Crippen molar-refractivity contribution in [2.75, 3.05) is 34.0 Å². The summed E-state index contributed by atoms with van der Waals surface area (Å²) in [6, 6.07) is 11.3. The van der Waals surface area contributed by atoms with Crippen molar-refractivity contribution < 1.29 is 38.1 Å². The molecule has 49 heavy (non-hydrogen) atoms. The Morgan fingerprint density at radius 1 is 0.837 bits per heavy atom. The van der Waals surface area contributed by atoms with Crippen LogP contribution in [0.25, 0.3) is 11.3 Å². The van der Waals surface area contributed by atoms with Crippen LogP contribution in [0.5, 0.6) is 0 Å². The van der Waals surface area contributed by atoms with Crippen molar-refractivity contribution in [3.63, 3.8) is 0 Å². The van der Waals surface area contributed by atoms with Crippen LogP contribution in [0.3, 0.4) is 0 Å². The number of nitrogens with one attached hydrogen (secondary N) is 3. The maximum absolute atomic E-state index is 11.8. The van der Waals surface area contributed by atoms with Gasteiger partial charge in [-0.2, -0.15) is 0 Å². The van der Waals surface area contributed by atoms with Crippen molar-refractivity contribution in [1.82, 2.24) is 20.3 Å². The number of hydrogen-bond donors (Lipinski definition) is 3. The van der Waals surface area contributed by atoms with E-state index < -0.39 is 5.97 Å². The zero-order valence-corrected chi connectivity index (χ0v) is 30.5. The number of rotatable bonds is 11. The summed E-state index contributed by atoms with van der Waals surface area (Å²) < 4.78 is 19.3. The standard InChI is InChI=1S/C13H11Cl2NO2.C11H10Cl2O3.C6H13NO3.C3H4N2/c1-2-18-13(17)10-5-6-16-12(10)9-4-3-8(14)7-11(9)15;1-2-16-11(15)6-10(14)8-4-3-7(12)5-9(8)13;1-5(8)7-4-6(9-2)10-3;1-2-5-3-4-1/h3-7,16H,2H2,1H3;3-5H,2,6H2,1H3;6H,4H2,1-3H3,(H,7,8);1-3H,(H,4,5). The highest BCUT2D eigenvalue weighted by molar-refractivity contribution is 6.37. The Balaban J connectivity index is 0.000000353. The number of H-pyrrole nitrogens is 2. The number of methoxy groups -OCH3 is 2. The SMILES string of the molecule is CCOC(=O)CC(=O)c1ccc(Cl)cc1Cl.CCOC(=O)c1cc[nH]c1-c1ccc(Cl)cc1Cl.COC(CNC(C)=O)OC.c1c[nH]cn1. The van der Waals surface area contributed by atoms with Crippen LogP contribution in [0, 0.1) is 0 Å². The summed E-state index contributed by atoms with van der Waals surface area (Å²) in [6.07, 6.45) is 6.10. The molecule has 3 N–H and O–H groups in total. The van der Waals surface area contributed by atoms with Crippen LogP contribution in [0.2, 0.25) is 20.1 Å². The van der Waals surface area contributed by atoms with Crippen molar-refractivity contribution in [2.45, 2.75) is 33.5 Å². The average Bonchev–Trinajstić information content (AvgIpc) is 3.79. The maximum atomic E-state index is 11.8. The van der Waals surface area contributed by atoms with Gasteiger partial charge in [0.2, 0.25) is 5.91 Å². The summed E-state index contributed by atoms with van der Waals surface area (Å²) in [5.74, 6) is -1.39. The zero-order chi connectivity index (χ0) is 36.8. The van der Waals surface area contributed by atoms with Gasteiger partial charge in [0.25, 0.3) is 0 Å². The Labute approximate surface area is 304 Å². The van der Waals surface area contributed by atoms with E-state index in [1.807, 2.05) is 0 Å². The molecule has 0 aliphatic carbocycles. The number of esters is 2. The molecule has 0 aliphatic heterocycles. The monoisotopic (exact) mass is 758 g/mol. The van der Waals surface area contributed by atoms with Crippen LogP contribution < -0.4 is 5.32 Å². The predicted molar refractivity (Wildman–Crippen MR) is 189 cm³/mol. The Morgan fingerprint density at radius 3 is 1.96 bits per heavy atom. The number of benzene rings is 2. The van der Waals surface area contributed by atoms with E-state index in [0.717, 1.165) is 0 Å². The van der Waals surface area contributed by atoms with E-state index in [2.05, 4.69) is 25.0 Å². The van der Waals surface area contributed by atoms with E-state index in [9.17, 15) is 19.2 Å². The number of imidazole rings is 1. The normalized spacial score (nSPS) is 9.92. The van der Waals surface area contributed by atoms with Crippen molar-refractivity contribution in [1.29, 1.82) is 0 Å². The number of carbonyl (C=O) groups is 4. The van der Waals surface area contributed by atoms with E-state index in [0.29, 0.717) is 45.0 Å². The minimum absolute atomic E-state index is 0.0842. The number of aromatic nitrogens is 3. The van der Waals surface area contributed by atoms with Gasteiger partial charge >= 0.3 is 11.9 Å². The third kappa shape index (κ3) is 16.8. The lowest BCUT2D eigenvalue weighted by atomic mass is 10.1. The second-order valence-corrected chi connectivity index (χ2v) is 10.9. The first kappa shape index (κ1) is 43.1. The molecule has 2 aromatic heterocycles. The highest BCUT2D eigenvalue weighted by Gasteiger charge is 2.17. The second kappa shape index (κ2) is 24.3. The smallest absolute Gasteiger partial charge is 0.340 e. The summed E-state index contributed by atoms with van der Waals surface area (Å²) in [4.78, 5) is 54.3. The molecular formula is C33H38Cl4N4O8. The van der Waals surface area contributed by atoms with Crippen LogP contribution in [-0.4, -0.2) is 78.8 Å². The Bertz CT molecular complexity index is 1580. The van der Waals surface area contributed by atoms with Gasteiger partial charge < -0.3 is 34.2 Å². The Hall–Kier alpha value is -3.91. The van der Waals surface area contributed by atoms with Crippen LogP contribution in [0.15, 0.2) is 67.4 Å². The van der Waals surface area contributed by atoms with E-state index in [-0.39, 0.29) is 47.6 Å². The fourth-order valence-electron chi connectivity index (χ4n) is 3.52. The third-order valence-corrected chi connectivity index (χ3v) is 6.83. The first-order valence-electron chi connectivity index (χ1n) is 14.5. The fourth-order valence-corrected chi connectivity index (χ4v) is 4.54. The molecule has 0 radical (unpaired) electrons. The molecule has 12 nitrogen and oxygen atoms in total. The van der Waals surface area contributed by atoms with Gasteiger partial charge in [0.15, 0.2) is 12.1 Å². The van der Waals surface area contributed by atoms with Crippen LogP contribution in [0.1, 0.15) is 47.9 Å². The van der Waals surface area contributed by atoms with E-state index in [4.69, 9.17) is 60.6 Å². The summed E-state index contributed by atoms with van der Waals surface area (Å²) in [5.41, 5.74) is 2.09. The number of ketones is 1. The lowest BCUT2D eigenvalue weighted by Gasteiger charge is -2.12. The topological polar surface area (TPSA) is 162 Å². The van der Waals surface area contributed by atoms with Gasteiger partial charge in [-0.25, -0.2) is 9.78 Å². The number of nitrogens with zero attached hydrogens (tertiary/aromatic N) is 1. The summed E-state index contributed by atoms with van der Waals surface area (Å²) in [6.45, 7) is 5.86. The van der Waals surface area contributed by atoms with Gasteiger partial charge in [0.1, 0.15) is 6.42 Å². The van der Waals surface area contributed by atoms with Crippen LogP contribution in [0.4, 0.5) is 0 Å². The minimum atomic E-state index is -0.557. The molecule has 2 heterocycles. The van der Waals surface area contributed by atoms with Gasteiger partial charge in [-0.15, -0.1) is 0 Å². The molecule has 0 aliphatic rings. The van der Waals surface area contributed by atoms with Gasteiger partial charge in [-0.05, 0) is 56.3 Å². The molecule has 4 aromatic rings. The summed E-state index contributed by atoms with van der Waals surface area (Å²) in [7, 11) is 3.05. The molecule has 0 saturated carbocycles. The molecule has 266 valence electrons. The molecule has 0 bridgehead atoms. The number of halogens is 4. The lowest BCUT2D eigenvalue weighted by molar-refractivity contribution is -0.142. The van der Waals surface area contributed by atoms with Crippen molar-refractivity contribution in [3.05, 3.63) is 98.6 Å². The molecule has 2 aromatic carbocycles. The van der Waals surface area contributed by atoms with Gasteiger partial charge in [-0.3, -0.25) is 14.4 Å². The van der Waals surface area contributed by atoms with E-state index >= 15 is 0 Å². The van der Waals surface area contributed by atoms with Gasteiger partial charge in [-0.1, -0.05) is 46.4 Å². The summed E-state index contributed by atoms with van der Waals surface area (Å²) in [5, 5.41) is 4.27. The van der Waals surface area contributed by atoms with Crippen molar-refractivity contribution in [2.24, 2.45) is 0 Å². The van der Waals surface area contributed by atoms with Crippen LogP contribution >= 0.6 is 46.4 Å². The number of aromatic amines is 2. The minimum Gasteiger partial charge on any atom is -0.466 e. The highest BCUT2D eigenvalue weighted by Crippen LogP contribution is 2.31. The molecule has 0 spiro atoms. The first-order valence-corrected chi connectivity index (χ1v) is 16.1. The molecule has 0 saturated heterocycles. The molecule has 0 unspecified atom stereocenters. The lowest BCUT2D eigenvalue weighted by Crippen LogP contribution is -2.32. The van der Waals surface area contributed by atoms with Gasteiger partial charge in [0.05, 0.1) is 47.4 Å². The Morgan fingerprint density at radius 2 is 1.47 bits per heavy atom. The number of amides is 1. The largest absolute Gasteiger partial charge is 0.466 e. The first-order chi connectivity index (χ1) is 23.4. The molecular weight excluding hydrogens is 722 g/mol. The number of Topliss-reactive ketones (excluding diaryl/α,β-unsaturated/α-hetero) is 1. The maximum Gasteiger partial charge on any atom is 0.340 e. The molecule has 16 heteroatoms. The quantitative estimate of drug-likeness (QED) is 0.0611. The molecule has 1 amide bonds. The van der Waals surface area contributed by atoms with Crippen molar-refractivity contribution in [3.8, 4) is 11.3 Å². The number of hydrogen-bond acceptors (Lipinski definition) is 9. The Kier molecular flexibility index (Phi) is 21.3. The fraction of sp³-hybridized carbons (Fsp3) is 0.303. The summed E-state index contributed by atoms with van der Waals surface area (Å²) >= 11 is 23.5. The van der Waals surface area contributed by atoms with Crippen molar-refractivity contribution >= 4 is 70.0 Å². The second-order valence-electron chi connectivity index (χ2n) is 9.24. The molecule has 0 fully saturated rings. The molecule has 0 atom stereocenters. The third-order valence-electron chi connectivity index (χ3n) is 5.73.